The van der Waals surface area contributed by atoms with Gasteiger partial charge in [-0.25, -0.2) is 0 Å². The standard InChI is InChI=1S/C23H37NO3/c1-8-27-21(26)17-9-11-24(12-10-17)15-16-13-18(22(2,3)4)20(25)19(14-16)23(5,6)7/h13-14,17,25H,8-12,15H2,1-7H3/p+1. The van der Waals surface area contributed by atoms with E-state index in [1.807, 2.05) is 6.92 Å². The van der Waals surface area contributed by atoms with Crippen molar-refractivity contribution in [3.8, 4) is 5.75 Å². The van der Waals surface area contributed by atoms with E-state index in [1.54, 1.807) is 0 Å². The van der Waals surface area contributed by atoms with Crippen LogP contribution in [0.2, 0.25) is 0 Å². The van der Waals surface area contributed by atoms with Gasteiger partial charge in [-0.05, 0) is 29.9 Å². The van der Waals surface area contributed by atoms with Gasteiger partial charge in [-0.2, -0.15) is 0 Å². The van der Waals surface area contributed by atoms with Gasteiger partial charge in [0.1, 0.15) is 12.3 Å². The van der Waals surface area contributed by atoms with Crippen LogP contribution in [0.1, 0.15) is 78.0 Å². The molecular formula is C23H38NO3+. The zero-order chi connectivity index (χ0) is 20.4. The minimum absolute atomic E-state index is 0.0359. The highest BCUT2D eigenvalue weighted by Gasteiger charge is 2.30. The molecule has 0 bridgehead atoms. The number of carbonyl (C=O) groups excluding carboxylic acids is 1. The number of esters is 1. The summed E-state index contributed by atoms with van der Waals surface area (Å²) in [5.41, 5.74) is 3.10. The van der Waals surface area contributed by atoms with E-state index in [0.29, 0.717) is 12.4 Å². The Morgan fingerprint density at radius 1 is 1.07 bits per heavy atom. The van der Waals surface area contributed by atoms with Gasteiger partial charge in [0.05, 0.1) is 25.6 Å². The van der Waals surface area contributed by atoms with Crippen molar-refractivity contribution in [2.45, 2.75) is 78.7 Å². The number of quaternary nitrogens is 1. The molecule has 1 aliphatic rings. The lowest BCUT2D eigenvalue weighted by Crippen LogP contribution is -3.11. The van der Waals surface area contributed by atoms with E-state index in [9.17, 15) is 9.90 Å². The molecular weight excluding hydrogens is 338 g/mol. The Bertz CT molecular complexity index is 624. The largest absolute Gasteiger partial charge is 0.507 e. The molecule has 1 heterocycles. The molecule has 1 aromatic rings. The first-order valence-electron chi connectivity index (χ1n) is 10.3. The fourth-order valence-electron chi connectivity index (χ4n) is 3.93. The van der Waals surface area contributed by atoms with Crippen LogP contribution in [0.3, 0.4) is 0 Å². The quantitative estimate of drug-likeness (QED) is 0.793. The summed E-state index contributed by atoms with van der Waals surface area (Å²) < 4.78 is 5.18. The molecule has 0 aliphatic carbocycles. The number of likely N-dealkylation sites (tertiary alicyclic amines) is 1. The number of rotatable bonds is 4. The SMILES string of the molecule is CCOC(=O)C1CC[NH+](Cc2cc(C(C)(C)C)c(O)c(C(C)(C)C)c2)CC1. The first-order valence-corrected chi connectivity index (χ1v) is 10.3. The smallest absolute Gasteiger partial charge is 0.309 e. The summed E-state index contributed by atoms with van der Waals surface area (Å²) in [4.78, 5) is 13.5. The van der Waals surface area contributed by atoms with Crippen molar-refractivity contribution in [1.82, 2.24) is 0 Å². The van der Waals surface area contributed by atoms with Gasteiger partial charge >= 0.3 is 5.97 Å². The zero-order valence-electron chi connectivity index (χ0n) is 18.2. The van der Waals surface area contributed by atoms with Crippen molar-refractivity contribution in [3.63, 3.8) is 0 Å². The van der Waals surface area contributed by atoms with Crippen LogP contribution in [0, 0.1) is 5.92 Å². The van der Waals surface area contributed by atoms with E-state index < -0.39 is 0 Å². The van der Waals surface area contributed by atoms with Gasteiger partial charge in [0.25, 0.3) is 0 Å². The number of piperidine rings is 1. The first-order chi connectivity index (χ1) is 12.4. The topological polar surface area (TPSA) is 51.0 Å². The summed E-state index contributed by atoms with van der Waals surface area (Å²) in [7, 11) is 0. The summed E-state index contributed by atoms with van der Waals surface area (Å²) in [6, 6.07) is 4.35. The van der Waals surface area contributed by atoms with E-state index in [0.717, 1.165) is 43.6 Å². The predicted molar refractivity (Wildman–Crippen MR) is 109 cm³/mol. The number of nitrogens with one attached hydrogen (secondary N) is 1. The number of benzene rings is 1. The molecule has 1 aromatic carbocycles. The summed E-state index contributed by atoms with van der Waals surface area (Å²) in [5, 5.41) is 10.9. The van der Waals surface area contributed by atoms with Crippen LogP contribution in [0.5, 0.6) is 5.75 Å². The molecule has 4 heteroatoms. The van der Waals surface area contributed by atoms with Gasteiger partial charge in [-0.3, -0.25) is 4.79 Å². The van der Waals surface area contributed by atoms with E-state index in [2.05, 4.69) is 53.7 Å². The fourth-order valence-corrected chi connectivity index (χ4v) is 3.93. The number of hydrogen-bond donors (Lipinski definition) is 2. The molecule has 1 saturated heterocycles. The minimum atomic E-state index is -0.105. The van der Waals surface area contributed by atoms with Crippen LogP contribution in [-0.4, -0.2) is 30.8 Å². The molecule has 0 amide bonds. The van der Waals surface area contributed by atoms with Crippen molar-refractivity contribution in [2.24, 2.45) is 5.92 Å². The summed E-state index contributed by atoms with van der Waals surface area (Å²) in [5.74, 6) is 0.463. The summed E-state index contributed by atoms with van der Waals surface area (Å²) in [6.07, 6.45) is 1.79. The van der Waals surface area contributed by atoms with Gasteiger partial charge in [0, 0.05) is 29.5 Å². The van der Waals surface area contributed by atoms with Crippen molar-refractivity contribution < 1.29 is 19.5 Å². The Morgan fingerprint density at radius 2 is 1.56 bits per heavy atom. The number of phenols is 1. The molecule has 0 spiro atoms. The van der Waals surface area contributed by atoms with Crippen LogP contribution in [0.15, 0.2) is 12.1 Å². The molecule has 0 aromatic heterocycles. The first kappa shape index (κ1) is 21.7. The predicted octanol–water partition coefficient (Wildman–Crippen LogP) is 3.35. The van der Waals surface area contributed by atoms with Crippen LogP contribution in [-0.2, 0) is 26.9 Å². The number of phenolic OH excluding ortho intramolecular Hbond substituents is 1. The normalized spacial score (nSPS) is 21.1. The minimum Gasteiger partial charge on any atom is -0.507 e. The lowest BCUT2D eigenvalue weighted by Gasteiger charge is -2.31. The van der Waals surface area contributed by atoms with Crippen molar-refractivity contribution in [2.75, 3.05) is 19.7 Å². The third-order valence-corrected chi connectivity index (χ3v) is 5.55. The second kappa shape index (κ2) is 8.22. The van der Waals surface area contributed by atoms with E-state index >= 15 is 0 Å². The highest BCUT2D eigenvalue weighted by Crippen LogP contribution is 2.39. The third-order valence-electron chi connectivity index (χ3n) is 5.55. The van der Waals surface area contributed by atoms with Crippen LogP contribution in [0.25, 0.3) is 0 Å². The van der Waals surface area contributed by atoms with E-state index in [1.165, 1.54) is 10.5 Å². The average molecular weight is 377 g/mol. The maximum Gasteiger partial charge on any atom is 0.309 e. The Kier molecular flexibility index (Phi) is 6.62. The molecule has 1 fully saturated rings. The van der Waals surface area contributed by atoms with Crippen LogP contribution in [0.4, 0.5) is 0 Å². The molecule has 152 valence electrons. The maximum absolute atomic E-state index is 12.0. The molecule has 2 N–H and O–H groups in total. The number of hydrogen-bond acceptors (Lipinski definition) is 3. The molecule has 1 aliphatic heterocycles. The highest BCUT2D eigenvalue weighted by molar-refractivity contribution is 5.72. The van der Waals surface area contributed by atoms with Crippen LogP contribution < -0.4 is 4.90 Å². The third kappa shape index (κ3) is 5.47. The second-order valence-corrected chi connectivity index (χ2v) is 9.99. The van der Waals surface area contributed by atoms with Crippen LogP contribution >= 0.6 is 0 Å². The van der Waals surface area contributed by atoms with Gasteiger partial charge < -0.3 is 14.7 Å². The van der Waals surface area contributed by atoms with Crippen molar-refractivity contribution in [3.05, 3.63) is 28.8 Å². The Hall–Kier alpha value is -1.55. The fraction of sp³-hybridized carbons (Fsp3) is 0.696. The highest BCUT2D eigenvalue weighted by atomic mass is 16.5. The Morgan fingerprint density at radius 3 is 1.96 bits per heavy atom. The second-order valence-electron chi connectivity index (χ2n) is 9.99. The lowest BCUT2D eigenvalue weighted by atomic mass is 9.78. The van der Waals surface area contributed by atoms with Crippen molar-refractivity contribution >= 4 is 5.97 Å². The Balaban J connectivity index is 2.19. The zero-order valence-corrected chi connectivity index (χ0v) is 18.2. The summed E-state index contributed by atoms with van der Waals surface area (Å²) in [6.45, 7) is 18.1. The van der Waals surface area contributed by atoms with Crippen molar-refractivity contribution in [1.29, 1.82) is 0 Å². The maximum atomic E-state index is 12.0. The summed E-state index contributed by atoms with van der Waals surface area (Å²) >= 11 is 0. The van der Waals surface area contributed by atoms with Gasteiger partial charge in [-0.1, -0.05) is 41.5 Å². The Labute approximate surface area is 164 Å². The number of aromatic hydroxyl groups is 1. The molecule has 0 saturated carbocycles. The van der Waals surface area contributed by atoms with Gasteiger partial charge in [0.2, 0.25) is 0 Å². The molecule has 4 nitrogen and oxygen atoms in total. The molecule has 0 atom stereocenters. The molecule has 0 radical (unpaired) electrons. The monoisotopic (exact) mass is 376 g/mol. The van der Waals surface area contributed by atoms with E-state index in [4.69, 9.17) is 4.74 Å². The van der Waals surface area contributed by atoms with Gasteiger partial charge in [0.15, 0.2) is 0 Å². The molecule has 0 unspecified atom stereocenters. The molecule has 27 heavy (non-hydrogen) atoms. The van der Waals surface area contributed by atoms with E-state index in [-0.39, 0.29) is 22.7 Å². The number of carbonyl (C=O) groups is 1. The van der Waals surface area contributed by atoms with Gasteiger partial charge in [-0.15, -0.1) is 0 Å². The molecule has 2 rings (SSSR count). The number of ether oxygens (including phenoxy) is 1. The lowest BCUT2D eigenvalue weighted by molar-refractivity contribution is -0.919. The average Bonchev–Trinajstić information content (AvgIpc) is 2.55.